The number of nitrogens with zero attached hydrogens (tertiary/aromatic N) is 2. The summed E-state index contributed by atoms with van der Waals surface area (Å²) in [6.45, 7) is 1.10. The maximum Gasteiger partial charge on any atom is 0.336 e. The number of benzene rings is 1. The molecule has 1 saturated heterocycles. The highest BCUT2D eigenvalue weighted by Gasteiger charge is 2.25. The van der Waals surface area contributed by atoms with Crippen LogP contribution in [0, 0.1) is 0 Å². The van der Waals surface area contributed by atoms with Gasteiger partial charge < -0.3 is 5.11 Å². The Bertz CT molecular complexity index is 841. The first-order chi connectivity index (χ1) is 11.5. The fourth-order valence-electron chi connectivity index (χ4n) is 2.87. The Hall–Kier alpha value is -2.25. The SMILES string of the molecule is O=C(O)c1ccncc1-c1ccc(S(=O)(=O)N2CCCCC2)cc1. The summed E-state index contributed by atoms with van der Waals surface area (Å²) in [4.78, 5) is 15.5. The van der Waals surface area contributed by atoms with E-state index >= 15 is 0 Å². The third kappa shape index (κ3) is 3.18. The molecule has 0 aliphatic carbocycles. The number of pyridine rings is 1. The van der Waals surface area contributed by atoms with Gasteiger partial charge in [-0.15, -0.1) is 0 Å². The van der Waals surface area contributed by atoms with Crippen molar-refractivity contribution in [3.05, 3.63) is 48.3 Å². The molecule has 1 aliphatic rings. The van der Waals surface area contributed by atoms with Crippen LogP contribution < -0.4 is 0 Å². The van der Waals surface area contributed by atoms with Crippen LogP contribution in [-0.4, -0.2) is 41.9 Å². The van der Waals surface area contributed by atoms with Gasteiger partial charge >= 0.3 is 5.97 Å². The van der Waals surface area contributed by atoms with Gasteiger partial charge in [-0.3, -0.25) is 4.98 Å². The molecule has 0 unspecified atom stereocenters. The van der Waals surface area contributed by atoms with Gasteiger partial charge in [-0.05, 0) is 36.6 Å². The molecule has 2 aromatic rings. The standard InChI is InChI=1S/C17H18N2O4S/c20-17(21)15-8-9-18-12-16(15)13-4-6-14(7-5-13)24(22,23)19-10-2-1-3-11-19/h4-9,12H,1-3,10-11H2,(H,20,21). The molecule has 0 radical (unpaired) electrons. The van der Waals surface area contributed by atoms with Crippen LogP contribution in [0.5, 0.6) is 0 Å². The number of carboxylic acids is 1. The number of hydrogen-bond acceptors (Lipinski definition) is 4. The van der Waals surface area contributed by atoms with Gasteiger partial charge in [-0.25, -0.2) is 13.2 Å². The average molecular weight is 346 g/mol. The van der Waals surface area contributed by atoms with E-state index in [1.807, 2.05) is 0 Å². The molecule has 3 rings (SSSR count). The zero-order valence-electron chi connectivity index (χ0n) is 13.1. The van der Waals surface area contributed by atoms with Crippen LogP contribution in [0.2, 0.25) is 0 Å². The van der Waals surface area contributed by atoms with E-state index in [-0.39, 0.29) is 10.5 Å². The van der Waals surface area contributed by atoms with E-state index in [2.05, 4.69) is 4.98 Å². The van der Waals surface area contributed by atoms with Gasteiger partial charge in [0.25, 0.3) is 0 Å². The van der Waals surface area contributed by atoms with Gasteiger partial charge in [0.2, 0.25) is 10.0 Å². The normalized spacial score (nSPS) is 16.0. The predicted octanol–water partition coefficient (Wildman–Crippen LogP) is 2.62. The molecule has 1 fully saturated rings. The van der Waals surface area contributed by atoms with E-state index in [1.54, 1.807) is 12.1 Å². The minimum Gasteiger partial charge on any atom is -0.478 e. The van der Waals surface area contributed by atoms with Gasteiger partial charge in [-0.1, -0.05) is 18.6 Å². The topological polar surface area (TPSA) is 87.6 Å². The summed E-state index contributed by atoms with van der Waals surface area (Å²) in [5.74, 6) is -1.04. The predicted molar refractivity (Wildman–Crippen MR) is 89.2 cm³/mol. The van der Waals surface area contributed by atoms with Crippen LogP contribution in [0.25, 0.3) is 11.1 Å². The number of piperidine rings is 1. The van der Waals surface area contributed by atoms with Crippen molar-refractivity contribution >= 4 is 16.0 Å². The van der Waals surface area contributed by atoms with Crippen LogP contribution in [0.4, 0.5) is 0 Å². The third-order valence-corrected chi connectivity index (χ3v) is 6.08. The highest BCUT2D eigenvalue weighted by molar-refractivity contribution is 7.89. The fourth-order valence-corrected chi connectivity index (χ4v) is 4.39. The first-order valence-corrected chi connectivity index (χ1v) is 9.22. The molecule has 6 nitrogen and oxygen atoms in total. The zero-order valence-corrected chi connectivity index (χ0v) is 13.9. The van der Waals surface area contributed by atoms with Crippen molar-refractivity contribution in [3.8, 4) is 11.1 Å². The van der Waals surface area contributed by atoms with Crippen LogP contribution in [0.1, 0.15) is 29.6 Å². The first kappa shape index (κ1) is 16.6. The van der Waals surface area contributed by atoms with E-state index in [0.29, 0.717) is 24.2 Å². The van der Waals surface area contributed by atoms with Crippen LogP contribution in [0.3, 0.4) is 0 Å². The van der Waals surface area contributed by atoms with Crippen molar-refractivity contribution in [2.75, 3.05) is 13.1 Å². The van der Waals surface area contributed by atoms with Crippen molar-refractivity contribution in [2.24, 2.45) is 0 Å². The molecule has 1 aromatic carbocycles. The lowest BCUT2D eigenvalue weighted by molar-refractivity contribution is 0.0697. The highest BCUT2D eigenvalue weighted by atomic mass is 32.2. The van der Waals surface area contributed by atoms with Crippen molar-refractivity contribution in [3.63, 3.8) is 0 Å². The lowest BCUT2D eigenvalue weighted by Gasteiger charge is -2.25. The molecule has 0 amide bonds. The summed E-state index contributed by atoms with van der Waals surface area (Å²) >= 11 is 0. The van der Waals surface area contributed by atoms with Crippen molar-refractivity contribution in [1.82, 2.24) is 9.29 Å². The molecule has 7 heteroatoms. The summed E-state index contributed by atoms with van der Waals surface area (Å²) < 4.78 is 26.8. The Balaban J connectivity index is 1.93. The van der Waals surface area contributed by atoms with Crippen molar-refractivity contribution in [1.29, 1.82) is 0 Å². The van der Waals surface area contributed by atoms with Gasteiger partial charge in [-0.2, -0.15) is 4.31 Å². The number of sulfonamides is 1. The minimum atomic E-state index is -3.49. The average Bonchev–Trinajstić information content (AvgIpc) is 2.62. The lowest BCUT2D eigenvalue weighted by atomic mass is 10.0. The second kappa shape index (κ2) is 6.70. The monoisotopic (exact) mass is 346 g/mol. The van der Waals surface area contributed by atoms with Crippen molar-refractivity contribution < 1.29 is 18.3 Å². The highest BCUT2D eigenvalue weighted by Crippen LogP contribution is 2.26. The number of aromatic carboxylic acids is 1. The summed E-state index contributed by atoms with van der Waals surface area (Å²) in [6, 6.07) is 7.73. The quantitative estimate of drug-likeness (QED) is 0.919. The van der Waals surface area contributed by atoms with Crippen LogP contribution in [-0.2, 0) is 10.0 Å². The summed E-state index contributed by atoms with van der Waals surface area (Å²) in [7, 11) is -3.49. The van der Waals surface area contributed by atoms with Crippen LogP contribution in [0.15, 0.2) is 47.6 Å². The molecule has 1 aromatic heterocycles. The second-order valence-corrected chi connectivity index (χ2v) is 7.65. The molecule has 1 N–H and O–H groups in total. The Kier molecular flexibility index (Phi) is 4.64. The molecular weight excluding hydrogens is 328 g/mol. The molecule has 24 heavy (non-hydrogen) atoms. The minimum absolute atomic E-state index is 0.136. The lowest BCUT2D eigenvalue weighted by Crippen LogP contribution is -2.35. The Morgan fingerprint density at radius 1 is 1.04 bits per heavy atom. The second-order valence-electron chi connectivity index (χ2n) is 5.72. The third-order valence-electron chi connectivity index (χ3n) is 4.17. The Morgan fingerprint density at radius 2 is 1.71 bits per heavy atom. The molecule has 0 atom stereocenters. The summed E-state index contributed by atoms with van der Waals surface area (Å²) in [5.41, 5.74) is 1.22. The molecule has 0 spiro atoms. The van der Waals surface area contributed by atoms with E-state index in [0.717, 1.165) is 19.3 Å². The van der Waals surface area contributed by atoms with Gasteiger partial charge in [0.15, 0.2) is 0 Å². The van der Waals surface area contributed by atoms with Gasteiger partial charge in [0.1, 0.15) is 0 Å². The number of hydrogen-bond donors (Lipinski definition) is 1. The van der Waals surface area contributed by atoms with E-state index in [1.165, 1.54) is 34.9 Å². The Labute approximate surface area is 140 Å². The first-order valence-electron chi connectivity index (χ1n) is 7.78. The maximum atomic E-state index is 12.6. The molecule has 2 heterocycles. The van der Waals surface area contributed by atoms with Crippen LogP contribution >= 0.6 is 0 Å². The number of aromatic nitrogens is 1. The maximum absolute atomic E-state index is 12.6. The fraction of sp³-hybridized carbons (Fsp3) is 0.294. The molecule has 126 valence electrons. The van der Waals surface area contributed by atoms with Gasteiger partial charge in [0.05, 0.1) is 10.5 Å². The smallest absolute Gasteiger partial charge is 0.336 e. The molecule has 0 saturated carbocycles. The largest absolute Gasteiger partial charge is 0.478 e. The number of carboxylic acid groups (broad SMARTS) is 1. The summed E-state index contributed by atoms with van der Waals surface area (Å²) in [6.07, 6.45) is 5.72. The molecular formula is C17H18N2O4S. The number of rotatable bonds is 4. The summed E-state index contributed by atoms with van der Waals surface area (Å²) in [5, 5.41) is 9.25. The van der Waals surface area contributed by atoms with Crippen molar-refractivity contribution in [2.45, 2.75) is 24.2 Å². The molecule has 1 aliphatic heterocycles. The van der Waals surface area contributed by atoms with Gasteiger partial charge in [0, 0.05) is 31.0 Å². The van der Waals surface area contributed by atoms with E-state index in [9.17, 15) is 18.3 Å². The van der Waals surface area contributed by atoms with E-state index in [4.69, 9.17) is 0 Å². The number of carbonyl (C=O) groups is 1. The Morgan fingerprint density at radius 3 is 2.33 bits per heavy atom. The molecule has 0 bridgehead atoms. The van der Waals surface area contributed by atoms with E-state index < -0.39 is 16.0 Å². The zero-order chi connectivity index (χ0) is 17.2.